The molecule has 0 N–H and O–H groups in total. The predicted octanol–water partition coefficient (Wildman–Crippen LogP) is 6.47. The zero-order valence-electron chi connectivity index (χ0n) is 30.0. The predicted molar refractivity (Wildman–Crippen MR) is 212 cm³/mol. The molecule has 240 valence electrons. The Labute approximate surface area is 282 Å². The lowest BCUT2D eigenvalue weighted by atomic mass is 10.2. The summed E-state index contributed by atoms with van der Waals surface area (Å²) in [5.74, 6) is 0. The highest BCUT2D eigenvalue weighted by Crippen LogP contribution is 2.23. The van der Waals surface area contributed by atoms with Gasteiger partial charge in [0, 0.05) is 39.6 Å². The molecule has 0 amide bonds. The highest BCUT2D eigenvalue weighted by atomic mass is 29.3. The van der Waals surface area contributed by atoms with E-state index in [4.69, 9.17) is 0 Å². The van der Waals surface area contributed by atoms with Crippen molar-refractivity contribution in [2.75, 3.05) is 38.0 Å². The molecule has 0 unspecified atom stereocenters. The van der Waals surface area contributed by atoms with Crippen LogP contribution in [0.25, 0.3) is 0 Å². The molecular formula is C38H52N4Si4. The highest BCUT2D eigenvalue weighted by molar-refractivity contribution is 7.50. The van der Waals surface area contributed by atoms with Gasteiger partial charge in [0.15, 0.2) is 0 Å². The van der Waals surface area contributed by atoms with E-state index >= 15 is 0 Å². The Balaban J connectivity index is 0.000000250. The van der Waals surface area contributed by atoms with Crippen LogP contribution in [0, 0.1) is 22.7 Å². The fourth-order valence-electron chi connectivity index (χ4n) is 6.00. The van der Waals surface area contributed by atoms with Gasteiger partial charge in [-0.05, 0) is 46.8 Å². The minimum atomic E-state index is -1.76. The van der Waals surface area contributed by atoms with Gasteiger partial charge in [0.1, 0.15) is 0 Å². The molecular weight excluding hydrogens is 625 g/mol. The average Bonchev–Trinajstić information content (AvgIpc) is 3.04. The molecule has 0 spiro atoms. The normalized spacial score (nSPS) is 11.9. The lowest BCUT2D eigenvalue weighted by Gasteiger charge is -2.39. The molecule has 0 saturated heterocycles. The maximum absolute atomic E-state index is 9.50. The van der Waals surface area contributed by atoms with Gasteiger partial charge in [0.2, 0.25) is 0 Å². The third-order valence-corrected chi connectivity index (χ3v) is 46.2. The lowest BCUT2D eigenvalue weighted by molar-refractivity contribution is 1.13. The van der Waals surface area contributed by atoms with Gasteiger partial charge in [-0.25, -0.2) is 0 Å². The van der Waals surface area contributed by atoms with Crippen LogP contribution in [0.15, 0.2) is 97.1 Å². The van der Waals surface area contributed by atoms with Gasteiger partial charge in [-0.3, -0.25) is 0 Å². The Morgan fingerprint density at radius 2 is 0.696 bits per heavy atom. The summed E-state index contributed by atoms with van der Waals surface area (Å²) in [5, 5.41) is 24.6. The number of nitrogens with zero attached hydrogens (tertiary/aromatic N) is 4. The van der Waals surface area contributed by atoms with Crippen molar-refractivity contribution >= 4 is 62.5 Å². The van der Waals surface area contributed by atoms with Gasteiger partial charge in [0.25, 0.3) is 0 Å². The number of rotatable bonds is 8. The van der Waals surface area contributed by atoms with Gasteiger partial charge < -0.3 is 9.80 Å². The molecule has 0 atom stereocenters. The summed E-state index contributed by atoms with van der Waals surface area (Å²) < 4.78 is 0. The second kappa shape index (κ2) is 14.4. The van der Waals surface area contributed by atoms with Crippen LogP contribution < -0.4 is 30.5 Å². The first-order valence-electron chi connectivity index (χ1n) is 16.0. The van der Waals surface area contributed by atoms with E-state index in [9.17, 15) is 10.5 Å². The summed E-state index contributed by atoms with van der Waals surface area (Å²) in [7, 11) is 1.40. The van der Waals surface area contributed by atoms with Crippen LogP contribution in [0.5, 0.6) is 0 Å². The molecule has 0 radical (unpaired) electrons. The Morgan fingerprint density at radius 1 is 0.413 bits per heavy atom. The third-order valence-electron chi connectivity index (χ3n) is 10.8. The molecule has 0 aliphatic heterocycles. The molecule has 0 heterocycles. The van der Waals surface area contributed by atoms with E-state index < -0.39 is 30.4 Å². The van der Waals surface area contributed by atoms with E-state index in [1.807, 2.05) is 24.3 Å². The first kappa shape index (κ1) is 36.8. The zero-order chi connectivity index (χ0) is 34.5. The smallest absolute Gasteiger partial charge is 0.0990 e. The molecule has 4 aromatic carbocycles. The van der Waals surface area contributed by atoms with Crippen molar-refractivity contribution in [1.29, 1.82) is 10.5 Å². The Kier molecular flexibility index (Phi) is 11.5. The van der Waals surface area contributed by atoms with Crippen molar-refractivity contribution in [3.63, 3.8) is 0 Å². The van der Waals surface area contributed by atoms with Crippen LogP contribution >= 0.6 is 0 Å². The molecule has 0 aliphatic carbocycles. The van der Waals surface area contributed by atoms with Crippen LogP contribution in [-0.4, -0.2) is 58.6 Å². The van der Waals surface area contributed by atoms with Crippen LogP contribution in [0.4, 0.5) is 11.4 Å². The van der Waals surface area contributed by atoms with Crippen molar-refractivity contribution in [3.8, 4) is 12.1 Å². The fraction of sp³-hybridized carbons (Fsp3) is 0.316. The number of hydrogen-bond donors (Lipinski definition) is 0. The lowest BCUT2D eigenvalue weighted by Crippen LogP contribution is -2.69. The fourth-order valence-corrected chi connectivity index (χ4v) is 24.1. The first-order chi connectivity index (χ1) is 21.4. The van der Waals surface area contributed by atoms with E-state index in [2.05, 4.69) is 175 Å². The summed E-state index contributed by atoms with van der Waals surface area (Å²) in [6, 6.07) is 39.2. The van der Waals surface area contributed by atoms with Crippen LogP contribution in [0.1, 0.15) is 11.1 Å². The third kappa shape index (κ3) is 7.32. The van der Waals surface area contributed by atoms with E-state index in [-0.39, 0.29) is 0 Å². The molecule has 46 heavy (non-hydrogen) atoms. The van der Waals surface area contributed by atoms with Crippen molar-refractivity contribution in [1.82, 2.24) is 0 Å². The summed E-state index contributed by atoms with van der Waals surface area (Å²) in [6.45, 7) is 19.5. The highest BCUT2D eigenvalue weighted by Gasteiger charge is 2.45. The molecule has 0 aromatic heterocycles. The Hall–Kier alpha value is -3.67. The maximum atomic E-state index is 9.50. The second-order valence-electron chi connectivity index (χ2n) is 14.7. The molecule has 0 bridgehead atoms. The van der Waals surface area contributed by atoms with Gasteiger partial charge in [0.05, 0.1) is 53.6 Å². The quantitative estimate of drug-likeness (QED) is 0.201. The monoisotopic (exact) mass is 676 g/mol. The number of hydrogen-bond acceptors (Lipinski definition) is 4. The summed E-state index contributed by atoms with van der Waals surface area (Å²) in [6.07, 6.45) is 0. The van der Waals surface area contributed by atoms with E-state index in [1.54, 1.807) is 0 Å². The minimum Gasteiger partial charge on any atom is -0.378 e. The molecule has 0 saturated carbocycles. The topological polar surface area (TPSA) is 54.1 Å². The standard InChI is InChI=1S/2C19H26N2Si2/c2*1-21(2)17-11-13-18(14-12-17)22(3,4)23(5,6)19-10-8-7-9-16(19)15-20/h2*7-14H,1-6H3. The zero-order valence-corrected chi connectivity index (χ0v) is 34.0. The Morgan fingerprint density at radius 3 is 0.957 bits per heavy atom. The number of anilines is 2. The van der Waals surface area contributed by atoms with Crippen molar-refractivity contribution in [3.05, 3.63) is 108 Å². The SMILES string of the molecule is CN(C)c1ccc([Si](C)(C)[Si](C)(C)c2ccccc2C#N)cc1.CN(C)c1ccc([Si](C)(C)[Si](C)(C)c2ccccc2C#N)cc1. The molecule has 4 aromatic rings. The summed E-state index contributed by atoms with van der Waals surface area (Å²) in [4.78, 5) is 4.26. The summed E-state index contributed by atoms with van der Waals surface area (Å²) in [5.41, 5.74) is 4.18. The average molecular weight is 677 g/mol. The van der Waals surface area contributed by atoms with Gasteiger partial charge in [-0.1, -0.05) is 123 Å². The van der Waals surface area contributed by atoms with E-state index in [1.165, 1.54) is 32.1 Å². The number of benzene rings is 4. The molecule has 4 rings (SSSR count). The molecule has 0 aliphatic rings. The van der Waals surface area contributed by atoms with Gasteiger partial charge >= 0.3 is 0 Å². The van der Waals surface area contributed by atoms with Gasteiger partial charge in [-0.15, -0.1) is 0 Å². The van der Waals surface area contributed by atoms with Crippen molar-refractivity contribution in [2.24, 2.45) is 0 Å². The minimum absolute atomic E-state index is 0.856. The molecule has 8 heteroatoms. The van der Waals surface area contributed by atoms with E-state index in [0.29, 0.717) is 0 Å². The Bertz CT molecular complexity index is 1580. The van der Waals surface area contributed by atoms with Crippen LogP contribution in [-0.2, 0) is 0 Å². The summed E-state index contributed by atoms with van der Waals surface area (Å²) >= 11 is 0. The van der Waals surface area contributed by atoms with Crippen molar-refractivity contribution < 1.29 is 0 Å². The van der Waals surface area contributed by atoms with Gasteiger partial charge in [-0.2, -0.15) is 10.5 Å². The van der Waals surface area contributed by atoms with Crippen LogP contribution in [0.3, 0.4) is 0 Å². The largest absolute Gasteiger partial charge is 0.378 e. The first-order valence-corrected chi connectivity index (χ1v) is 30.0. The second-order valence-corrected chi connectivity index (χ2v) is 44.9. The maximum Gasteiger partial charge on any atom is 0.0990 e. The van der Waals surface area contributed by atoms with Crippen LogP contribution in [0.2, 0.25) is 52.4 Å². The molecule has 0 fully saturated rings. The van der Waals surface area contributed by atoms with Crippen molar-refractivity contribution in [2.45, 2.75) is 52.4 Å². The molecule has 4 nitrogen and oxygen atoms in total. The van der Waals surface area contributed by atoms with E-state index in [0.717, 1.165) is 11.1 Å². The number of nitriles is 2.